The number of terminal acetylenes is 1. The molecule has 1 rings (SSSR count). The Hall–Kier alpha value is -1.70. The number of amides is 1. The molecule has 0 saturated heterocycles. The quantitative estimate of drug-likeness (QED) is 0.578. The number of rotatable bonds is 2. The normalized spacial score (nSPS) is 26.6. The van der Waals surface area contributed by atoms with E-state index >= 15 is 0 Å². The number of hydrogen-bond donors (Lipinski definition) is 1. The van der Waals surface area contributed by atoms with E-state index < -0.39 is 23.2 Å². The average Bonchev–Trinajstić information content (AvgIpc) is 2.88. The highest BCUT2D eigenvalue weighted by Gasteiger charge is 2.62. The average molecular weight is 239 g/mol. The van der Waals surface area contributed by atoms with Crippen molar-refractivity contribution in [1.29, 1.82) is 0 Å². The highest BCUT2D eigenvalue weighted by molar-refractivity contribution is 5.90. The number of carbonyl (C=O) groups excluding carboxylic acids is 2. The van der Waals surface area contributed by atoms with Crippen LogP contribution in [0, 0.1) is 18.3 Å². The molecule has 0 unspecified atom stereocenters. The van der Waals surface area contributed by atoms with Crippen molar-refractivity contribution in [2.24, 2.45) is 5.92 Å². The number of hydrogen-bond acceptors (Lipinski definition) is 4. The standard InChI is InChI=1S/C12H17NO4/c1-6-8-7-12(8,9(14)16-5)13-10(15)17-11(2,3)4/h1,8H,7H2,2-5H3,(H,13,15)/t8-,12-/m0/s1. The van der Waals surface area contributed by atoms with Gasteiger partial charge >= 0.3 is 12.1 Å². The van der Waals surface area contributed by atoms with Crippen LogP contribution in [0.3, 0.4) is 0 Å². The Morgan fingerprint density at radius 3 is 2.41 bits per heavy atom. The van der Waals surface area contributed by atoms with Crippen LogP contribution < -0.4 is 5.32 Å². The van der Waals surface area contributed by atoms with Gasteiger partial charge in [-0.25, -0.2) is 9.59 Å². The van der Waals surface area contributed by atoms with Gasteiger partial charge in [0.05, 0.1) is 13.0 Å². The van der Waals surface area contributed by atoms with E-state index in [0.29, 0.717) is 6.42 Å². The van der Waals surface area contributed by atoms with Gasteiger partial charge in [0.25, 0.3) is 0 Å². The van der Waals surface area contributed by atoms with Gasteiger partial charge in [-0.2, -0.15) is 0 Å². The first kappa shape index (κ1) is 13.4. The molecule has 94 valence electrons. The molecule has 17 heavy (non-hydrogen) atoms. The number of methoxy groups -OCH3 is 1. The molecule has 1 fully saturated rings. The van der Waals surface area contributed by atoms with E-state index in [9.17, 15) is 9.59 Å². The molecule has 0 radical (unpaired) electrons. The molecule has 0 aliphatic heterocycles. The largest absolute Gasteiger partial charge is 0.467 e. The molecular weight excluding hydrogens is 222 g/mol. The van der Waals surface area contributed by atoms with E-state index in [1.54, 1.807) is 20.8 Å². The summed E-state index contributed by atoms with van der Waals surface area (Å²) in [5.74, 6) is 1.58. The molecule has 0 aromatic heterocycles. The minimum Gasteiger partial charge on any atom is -0.467 e. The summed E-state index contributed by atoms with van der Waals surface area (Å²) < 4.78 is 9.71. The second-order valence-corrected chi connectivity index (χ2v) is 5.01. The van der Waals surface area contributed by atoms with Crippen molar-refractivity contribution >= 4 is 12.1 Å². The first-order chi connectivity index (χ1) is 7.75. The SMILES string of the molecule is C#C[C@H]1C[C@@]1(NC(=O)OC(C)(C)C)C(=O)OC. The van der Waals surface area contributed by atoms with Crippen LogP contribution in [-0.2, 0) is 14.3 Å². The van der Waals surface area contributed by atoms with E-state index in [4.69, 9.17) is 11.2 Å². The summed E-state index contributed by atoms with van der Waals surface area (Å²) >= 11 is 0. The van der Waals surface area contributed by atoms with E-state index in [0.717, 1.165) is 0 Å². The van der Waals surface area contributed by atoms with E-state index in [1.807, 2.05) is 0 Å². The topological polar surface area (TPSA) is 64.6 Å². The van der Waals surface area contributed by atoms with Crippen molar-refractivity contribution < 1.29 is 19.1 Å². The predicted molar refractivity (Wildman–Crippen MR) is 61.1 cm³/mol. The highest BCUT2D eigenvalue weighted by atomic mass is 16.6. The minimum atomic E-state index is -1.11. The predicted octanol–water partition coefficient (Wildman–Crippen LogP) is 1.08. The van der Waals surface area contributed by atoms with Gasteiger partial charge in [0.2, 0.25) is 0 Å². The van der Waals surface area contributed by atoms with E-state index in [1.165, 1.54) is 7.11 Å². The fourth-order valence-corrected chi connectivity index (χ4v) is 1.55. The van der Waals surface area contributed by atoms with Crippen molar-refractivity contribution in [3.05, 3.63) is 0 Å². The number of alkyl carbamates (subject to hydrolysis) is 1. The van der Waals surface area contributed by atoms with Crippen molar-refractivity contribution in [3.8, 4) is 12.3 Å². The number of nitrogens with one attached hydrogen (secondary N) is 1. The van der Waals surface area contributed by atoms with Crippen LogP contribution in [0.4, 0.5) is 4.79 Å². The van der Waals surface area contributed by atoms with Crippen LogP contribution in [0.5, 0.6) is 0 Å². The lowest BCUT2D eigenvalue weighted by atomic mass is 10.2. The zero-order valence-corrected chi connectivity index (χ0v) is 10.5. The lowest BCUT2D eigenvalue weighted by Crippen LogP contribution is -2.47. The Morgan fingerprint density at radius 2 is 2.06 bits per heavy atom. The molecule has 1 aliphatic rings. The van der Waals surface area contributed by atoms with Gasteiger partial charge in [0.1, 0.15) is 5.60 Å². The van der Waals surface area contributed by atoms with E-state index in [2.05, 4.69) is 16.0 Å². The van der Waals surface area contributed by atoms with E-state index in [-0.39, 0.29) is 5.92 Å². The van der Waals surface area contributed by atoms with Gasteiger partial charge in [-0.05, 0) is 27.2 Å². The molecule has 0 bridgehead atoms. The third-order valence-electron chi connectivity index (χ3n) is 2.44. The molecule has 2 atom stereocenters. The van der Waals surface area contributed by atoms with Gasteiger partial charge in [0, 0.05) is 0 Å². The van der Waals surface area contributed by atoms with Crippen LogP contribution in [0.15, 0.2) is 0 Å². The first-order valence-electron chi connectivity index (χ1n) is 5.31. The monoisotopic (exact) mass is 239 g/mol. The van der Waals surface area contributed by atoms with Crippen LogP contribution >= 0.6 is 0 Å². The van der Waals surface area contributed by atoms with Crippen molar-refractivity contribution in [2.45, 2.75) is 38.3 Å². The molecule has 1 saturated carbocycles. The third kappa shape index (κ3) is 2.90. The second-order valence-electron chi connectivity index (χ2n) is 5.01. The molecule has 0 aromatic carbocycles. The van der Waals surface area contributed by atoms with Gasteiger partial charge in [-0.3, -0.25) is 0 Å². The Balaban J connectivity index is 2.69. The molecule has 0 aromatic rings. The van der Waals surface area contributed by atoms with Crippen molar-refractivity contribution in [1.82, 2.24) is 5.32 Å². The summed E-state index contributed by atoms with van der Waals surface area (Å²) in [6.07, 6.45) is 4.97. The first-order valence-corrected chi connectivity index (χ1v) is 5.31. The molecule has 1 amide bonds. The fourth-order valence-electron chi connectivity index (χ4n) is 1.55. The van der Waals surface area contributed by atoms with Crippen molar-refractivity contribution in [3.63, 3.8) is 0 Å². The number of carbonyl (C=O) groups is 2. The van der Waals surface area contributed by atoms with Crippen molar-refractivity contribution in [2.75, 3.05) is 7.11 Å². The zero-order valence-electron chi connectivity index (χ0n) is 10.5. The summed E-state index contributed by atoms with van der Waals surface area (Å²) in [7, 11) is 1.26. The lowest BCUT2D eigenvalue weighted by Gasteiger charge is -2.22. The number of ether oxygens (including phenoxy) is 2. The third-order valence-corrected chi connectivity index (χ3v) is 2.44. The highest BCUT2D eigenvalue weighted by Crippen LogP contribution is 2.44. The Kier molecular flexibility index (Phi) is 3.37. The molecule has 5 nitrogen and oxygen atoms in total. The Bertz CT molecular complexity index is 377. The molecule has 1 N–H and O–H groups in total. The second kappa shape index (κ2) is 4.28. The molecule has 5 heteroatoms. The summed E-state index contributed by atoms with van der Waals surface area (Å²) in [6.45, 7) is 5.22. The minimum absolute atomic E-state index is 0.331. The maximum atomic E-state index is 11.6. The molecule has 0 spiro atoms. The Morgan fingerprint density at radius 1 is 1.47 bits per heavy atom. The van der Waals surface area contributed by atoms with Crippen LogP contribution in [0.25, 0.3) is 0 Å². The van der Waals surface area contributed by atoms with Gasteiger partial charge < -0.3 is 14.8 Å². The molecular formula is C12H17NO4. The fraction of sp³-hybridized carbons (Fsp3) is 0.667. The smallest absolute Gasteiger partial charge is 0.408 e. The summed E-state index contributed by atoms with van der Waals surface area (Å²) in [5, 5.41) is 2.50. The van der Waals surface area contributed by atoms with Crippen LogP contribution in [-0.4, -0.2) is 30.3 Å². The summed E-state index contributed by atoms with van der Waals surface area (Å²) in [5.41, 5.74) is -1.73. The molecule has 1 aliphatic carbocycles. The van der Waals surface area contributed by atoms with Gasteiger partial charge in [-0.1, -0.05) is 0 Å². The lowest BCUT2D eigenvalue weighted by molar-refractivity contribution is -0.144. The van der Waals surface area contributed by atoms with Crippen LogP contribution in [0.2, 0.25) is 0 Å². The van der Waals surface area contributed by atoms with Crippen LogP contribution in [0.1, 0.15) is 27.2 Å². The van der Waals surface area contributed by atoms with Gasteiger partial charge in [-0.15, -0.1) is 12.3 Å². The summed E-state index contributed by atoms with van der Waals surface area (Å²) in [4.78, 5) is 23.2. The molecule has 0 heterocycles. The van der Waals surface area contributed by atoms with Gasteiger partial charge in [0.15, 0.2) is 5.54 Å². The number of esters is 1. The zero-order chi connectivity index (χ0) is 13.3. The maximum Gasteiger partial charge on any atom is 0.408 e. The summed E-state index contributed by atoms with van der Waals surface area (Å²) in [6, 6.07) is 0. The Labute approximate surface area is 101 Å². The maximum absolute atomic E-state index is 11.6.